The maximum absolute atomic E-state index is 5.98. The summed E-state index contributed by atoms with van der Waals surface area (Å²) in [6.07, 6.45) is 11.1. The second kappa shape index (κ2) is 8.13. The molecular formula is C20H37NS. The Labute approximate surface area is 144 Å². The number of fused-ring (bicyclic) bond motifs is 1. The molecule has 4 atom stereocenters. The van der Waals surface area contributed by atoms with E-state index < -0.39 is 0 Å². The number of piperidine rings is 1. The number of thiocarbonyl (C=S) groups is 1. The van der Waals surface area contributed by atoms with E-state index in [1.54, 1.807) is 0 Å². The molecule has 2 heteroatoms. The highest BCUT2D eigenvalue weighted by Crippen LogP contribution is 2.41. The molecule has 1 aliphatic carbocycles. The lowest BCUT2D eigenvalue weighted by Gasteiger charge is -2.49. The van der Waals surface area contributed by atoms with E-state index in [1.807, 2.05) is 0 Å². The van der Waals surface area contributed by atoms with E-state index in [-0.39, 0.29) is 0 Å². The van der Waals surface area contributed by atoms with Crippen molar-refractivity contribution < 1.29 is 0 Å². The quantitative estimate of drug-likeness (QED) is 0.580. The molecule has 2 rings (SSSR count). The highest BCUT2D eigenvalue weighted by molar-refractivity contribution is 7.80. The Morgan fingerprint density at radius 1 is 1.05 bits per heavy atom. The van der Waals surface area contributed by atoms with E-state index >= 15 is 0 Å². The van der Waals surface area contributed by atoms with Crippen LogP contribution in [-0.2, 0) is 0 Å². The lowest BCUT2D eigenvalue weighted by molar-refractivity contribution is 0.110. The largest absolute Gasteiger partial charge is 0.360 e. The van der Waals surface area contributed by atoms with E-state index in [0.717, 1.165) is 23.8 Å². The van der Waals surface area contributed by atoms with Gasteiger partial charge in [0.15, 0.2) is 0 Å². The van der Waals surface area contributed by atoms with Crippen LogP contribution in [0.4, 0.5) is 0 Å². The van der Waals surface area contributed by atoms with E-state index in [4.69, 9.17) is 12.2 Å². The fraction of sp³-hybridized carbons (Fsp3) is 0.950. The average Bonchev–Trinajstić information content (AvgIpc) is 2.49. The number of rotatable bonds is 3. The Morgan fingerprint density at radius 2 is 1.73 bits per heavy atom. The first-order chi connectivity index (χ1) is 10.4. The second-order valence-corrected chi connectivity index (χ2v) is 9.13. The Morgan fingerprint density at radius 3 is 2.36 bits per heavy atom. The lowest BCUT2D eigenvalue weighted by Crippen LogP contribution is -2.54. The van der Waals surface area contributed by atoms with E-state index in [9.17, 15) is 0 Å². The van der Waals surface area contributed by atoms with Crippen LogP contribution in [0.25, 0.3) is 0 Å². The molecule has 0 bridgehead atoms. The van der Waals surface area contributed by atoms with Crippen LogP contribution in [0, 0.1) is 23.7 Å². The van der Waals surface area contributed by atoms with Gasteiger partial charge in [0, 0.05) is 18.0 Å². The Hall–Kier alpha value is -0.110. The fourth-order valence-electron chi connectivity index (χ4n) is 4.91. The molecule has 1 aliphatic heterocycles. The minimum Gasteiger partial charge on any atom is -0.360 e. The van der Waals surface area contributed by atoms with E-state index in [0.29, 0.717) is 12.0 Å². The van der Waals surface area contributed by atoms with Crippen LogP contribution in [0.1, 0.15) is 86.0 Å². The van der Waals surface area contributed by atoms with Crippen molar-refractivity contribution >= 4 is 17.2 Å². The summed E-state index contributed by atoms with van der Waals surface area (Å²) in [6, 6.07) is 1.28. The molecule has 0 aromatic heterocycles. The van der Waals surface area contributed by atoms with Crippen LogP contribution < -0.4 is 0 Å². The molecule has 0 radical (unpaired) electrons. The van der Waals surface area contributed by atoms with Crippen molar-refractivity contribution in [1.82, 2.24) is 4.90 Å². The van der Waals surface area contributed by atoms with Gasteiger partial charge in [0.25, 0.3) is 0 Å². The third-order valence-corrected chi connectivity index (χ3v) is 6.35. The van der Waals surface area contributed by atoms with Crippen LogP contribution in [0.15, 0.2) is 0 Å². The number of hydrogen-bond acceptors (Lipinski definition) is 1. The summed E-state index contributed by atoms with van der Waals surface area (Å²) in [5, 5.41) is 0. The summed E-state index contributed by atoms with van der Waals surface area (Å²) in [5.74, 6) is 3.16. The zero-order valence-corrected chi connectivity index (χ0v) is 16.3. The molecule has 2 fully saturated rings. The van der Waals surface area contributed by atoms with Crippen LogP contribution in [-0.4, -0.2) is 22.0 Å². The summed E-state index contributed by atoms with van der Waals surface area (Å²) in [4.78, 5) is 3.95. The maximum Gasteiger partial charge on any atom is 0.0815 e. The monoisotopic (exact) mass is 323 g/mol. The summed E-state index contributed by atoms with van der Waals surface area (Å²) >= 11 is 5.98. The van der Waals surface area contributed by atoms with E-state index in [1.165, 1.54) is 56.4 Å². The summed E-state index contributed by atoms with van der Waals surface area (Å²) in [6.45, 7) is 11.9. The second-order valence-electron chi connectivity index (χ2n) is 8.71. The highest BCUT2D eigenvalue weighted by atomic mass is 32.1. The van der Waals surface area contributed by atoms with Crippen LogP contribution >= 0.6 is 12.2 Å². The number of hydrogen-bond donors (Lipinski definition) is 0. The summed E-state index contributed by atoms with van der Waals surface area (Å²) in [5.41, 5.74) is 0. The molecule has 4 unspecified atom stereocenters. The van der Waals surface area contributed by atoms with Gasteiger partial charge in [-0.2, -0.15) is 0 Å². The minimum atomic E-state index is 0.561. The molecule has 22 heavy (non-hydrogen) atoms. The maximum atomic E-state index is 5.98. The van der Waals surface area contributed by atoms with Crippen LogP contribution in [0.5, 0.6) is 0 Å². The standard InChI is InChI=1S/C20H37NS/c1-14(2)11-18-13-17-12-16(5)9-7-6-8-10-19(17)21(15(3)4)20(18)22/h14-19H,6-13H2,1-5H3. The van der Waals surface area contributed by atoms with Crippen molar-refractivity contribution in [2.24, 2.45) is 23.7 Å². The smallest absolute Gasteiger partial charge is 0.0815 e. The van der Waals surface area contributed by atoms with Gasteiger partial charge < -0.3 is 4.90 Å². The molecule has 0 spiro atoms. The predicted octanol–water partition coefficient (Wildman–Crippen LogP) is 6.07. The first-order valence-corrected chi connectivity index (χ1v) is 10.1. The fourth-order valence-corrected chi connectivity index (χ4v) is 5.45. The number of nitrogens with zero attached hydrogens (tertiary/aromatic N) is 1. The van der Waals surface area contributed by atoms with Gasteiger partial charge in [0.05, 0.1) is 4.99 Å². The zero-order chi connectivity index (χ0) is 16.3. The molecule has 0 amide bonds. The molecular weight excluding hydrogens is 286 g/mol. The number of likely N-dealkylation sites (tertiary alicyclic amines) is 1. The zero-order valence-electron chi connectivity index (χ0n) is 15.5. The van der Waals surface area contributed by atoms with E-state index in [2.05, 4.69) is 39.5 Å². The van der Waals surface area contributed by atoms with Gasteiger partial charge in [0.2, 0.25) is 0 Å². The predicted molar refractivity (Wildman–Crippen MR) is 101 cm³/mol. The Balaban J connectivity index is 2.22. The molecule has 1 nitrogen and oxygen atoms in total. The van der Waals surface area contributed by atoms with Gasteiger partial charge in [-0.15, -0.1) is 0 Å². The van der Waals surface area contributed by atoms with Crippen molar-refractivity contribution in [3.05, 3.63) is 0 Å². The third kappa shape index (κ3) is 4.46. The van der Waals surface area contributed by atoms with Gasteiger partial charge >= 0.3 is 0 Å². The Kier molecular flexibility index (Phi) is 6.73. The topological polar surface area (TPSA) is 3.24 Å². The molecule has 2 aliphatic rings. The van der Waals surface area contributed by atoms with Crippen molar-refractivity contribution in [2.45, 2.75) is 98.1 Å². The highest BCUT2D eigenvalue weighted by Gasteiger charge is 2.40. The summed E-state index contributed by atoms with van der Waals surface area (Å²) < 4.78 is 0. The van der Waals surface area contributed by atoms with Gasteiger partial charge in [-0.3, -0.25) is 0 Å². The van der Waals surface area contributed by atoms with Gasteiger partial charge in [-0.05, 0) is 57.3 Å². The van der Waals surface area contributed by atoms with Crippen molar-refractivity contribution in [2.75, 3.05) is 0 Å². The molecule has 1 saturated carbocycles. The molecule has 1 saturated heterocycles. The summed E-state index contributed by atoms with van der Waals surface area (Å²) in [7, 11) is 0. The van der Waals surface area contributed by atoms with Crippen molar-refractivity contribution in [3.63, 3.8) is 0 Å². The molecule has 0 N–H and O–H groups in total. The van der Waals surface area contributed by atoms with Crippen molar-refractivity contribution in [3.8, 4) is 0 Å². The minimum absolute atomic E-state index is 0.561. The van der Waals surface area contributed by atoms with Crippen LogP contribution in [0.3, 0.4) is 0 Å². The van der Waals surface area contributed by atoms with Crippen LogP contribution in [0.2, 0.25) is 0 Å². The first-order valence-electron chi connectivity index (χ1n) is 9.72. The molecule has 1 heterocycles. The SMILES string of the molecule is CC(C)CC1CC2CC(C)CCCCCC2N(C(C)C)C1=S. The normalized spacial score (nSPS) is 34.3. The molecule has 128 valence electrons. The third-order valence-electron chi connectivity index (χ3n) is 5.81. The van der Waals surface area contributed by atoms with Crippen molar-refractivity contribution in [1.29, 1.82) is 0 Å². The molecule has 0 aromatic rings. The van der Waals surface area contributed by atoms with Gasteiger partial charge in [-0.1, -0.05) is 58.7 Å². The molecule has 0 aromatic carbocycles. The first kappa shape index (κ1) is 18.2. The van der Waals surface area contributed by atoms with Gasteiger partial charge in [-0.25, -0.2) is 0 Å². The Bertz CT molecular complexity index is 363. The van der Waals surface area contributed by atoms with Gasteiger partial charge in [0.1, 0.15) is 0 Å². The average molecular weight is 324 g/mol. The lowest BCUT2D eigenvalue weighted by atomic mass is 9.74.